The lowest BCUT2D eigenvalue weighted by Gasteiger charge is -2.18. The van der Waals surface area contributed by atoms with Gasteiger partial charge in [-0.1, -0.05) is 19.8 Å². The van der Waals surface area contributed by atoms with Crippen LogP contribution < -0.4 is 0 Å². The van der Waals surface area contributed by atoms with Crippen LogP contribution in [-0.4, -0.2) is 41.1 Å². The molecule has 0 aromatic rings. The number of likely N-dealkylation sites (tertiary alicyclic amines) is 1. The van der Waals surface area contributed by atoms with Crippen LogP contribution >= 0.6 is 0 Å². The first-order chi connectivity index (χ1) is 8.77. The number of nitrogens with zero attached hydrogens (tertiary/aromatic N) is 1. The van der Waals surface area contributed by atoms with E-state index in [9.17, 15) is 22.8 Å². The number of aliphatic carboxylic acids is 1. The van der Waals surface area contributed by atoms with Crippen molar-refractivity contribution in [2.75, 3.05) is 13.1 Å². The maximum absolute atomic E-state index is 12.7. The molecule has 19 heavy (non-hydrogen) atoms. The molecular weight excluding hydrogens is 263 g/mol. The van der Waals surface area contributed by atoms with Crippen molar-refractivity contribution in [2.24, 2.45) is 11.8 Å². The summed E-state index contributed by atoms with van der Waals surface area (Å²) in [4.78, 5) is 23.6. The molecule has 4 nitrogen and oxygen atoms in total. The fourth-order valence-electron chi connectivity index (χ4n) is 2.27. The van der Waals surface area contributed by atoms with Gasteiger partial charge >= 0.3 is 12.1 Å². The van der Waals surface area contributed by atoms with Crippen LogP contribution in [0.25, 0.3) is 0 Å². The highest BCUT2D eigenvalue weighted by molar-refractivity contribution is 5.79. The monoisotopic (exact) mass is 281 g/mol. The lowest BCUT2D eigenvalue weighted by Crippen LogP contribution is -2.34. The fraction of sp³-hybridized carbons (Fsp3) is 0.833. The van der Waals surface area contributed by atoms with Gasteiger partial charge in [-0.15, -0.1) is 0 Å². The number of carbonyl (C=O) groups is 2. The Hall–Kier alpha value is -1.27. The normalized spacial score (nSPS) is 23.7. The van der Waals surface area contributed by atoms with E-state index in [2.05, 4.69) is 0 Å². The zero-order valence-corrected chi connectivity index (χ0v) is 10.7. The van der Waals surface area contributed by atoms with Gasteiger partial charge in [0, 0.05) is 19.5 Å². The first kappa shape index (κ1) is 15.8. The largest absolute Gasteiger partial charge is 0.481 e. The Morgan fingerprint density at radius 1 is 1.26 bits per heavy atom. The van der Waals surface area contributed by atoms with Gasteiger partial charge in [0.1, 0.15) is 0 Å². The number of carbonyl (C=O) groups excluding carboxylic acids is 1. The molecule has 110 valence electrons. The maximum Gasteiger partial charge on any atom is 0.394 e. The molecule has 0 saturated carbocycles. The summed E-state index contributed by atoms with van der Waals surface area (Å²) < 4.78 is 38.1. The Balaban J connectivity index is 2.65. The molecule has 1 heterocycles. The average molecular weight is 281 g/mol. The Morgan fingerprint density at radius 2 is 1.89 bits per heavy atom. The molecule has 7 heteroatoms. The molecule has 0 aliphatic carbocycles. The number of hydrogen-bond acceptors (Lipinski definition) is 2. The Bertz CT molecular complexity index is 344. The van der Waals surface area contributed by atoms with Crippen molar-refractivity contribution in [3.63, 3.8) is 0 Å². The smallest absolute Gasteiger partial charge is 0.394 e. The first-order valence-electron chi connectivity index (χ1n) is 6.34. The molecule has 1 saturated heterocycles. The van der Waals surface area contributed by atoms with Crippen LogP contribution in [0.3, 0.4) is 0 Å². The van der Waals surface area contributed by atoms with Gasteiger partial charge < -0.3 is 10.0 Å². The minimum atomic E-state index is -4.58. The van der Waals surface area contributed by atoms with Crippen LogP contribution in [0, 0.1) is 11.8 Å². The highest BCUT2D eigenvalue weighted by atomic mass is 19.4. The van der Waals surface area contributed by atoms with E-state index in [1.165, 1.54) is 0 Å². The van der Waals surface area contributed by atoms with Crippen molar-refractivity contribution < 1.29 is 27.9 Å². The predicted molar refractivity (Wildman–Crippen MR) is 61.4 cm³/mol. The highest BCUT2D eigenvalue weighted by Gasteiger charge is 2.53. The maximum atomic E-state index is 12.7. The third-order valence-electron chi connectivity index (χ3n) is 3.40. The summed E-state index contributed by atoms with van der Waals surface area (Å²) in [6, 6.07) is 0. The summed E-state index contributed by atoms with van der Waals surface area (Å²) in [6.07, 6.45) is -2.02. The van der Waals surface area contributed by atoms with Crippen molar-refractivity contribution >= 4 is 11.9 Å². The van der Waals surface area contributed by atoms with Crippen molar-refractivity contribution in [3.8, 4) is 0 Å². The van der Waals surface area contributed by atoms with Crippen molar-refractivity contribution in [3.05, 3.63) is 0 Å². The minimum absolute atomic E-state index is 0.185. The number of halogens is 3. The Morgan fingerprint density at radius 3 is 2.32 bits per heavy atom. The molecule has 0 radical (unpaired) electrons. The molecule has 1 N–H and O–H groups in total. The van der Waals surface area contributed by atoms with Crippen molar-refractivity contribution in [1.29, 1.82) is 0 Å². The van der Waals surface area contributed by atoms with Crippen LogP contribution in [0.15, 0.2) is 0 Å². The van der Waals surface area contributed by atoms with E-state index in [1.54, 1.807) is 0 Å². The first-order valence-corrected chi connectivity index (χ1v) is 6.34. The summed E-state index contributed by atoms with van der Waals surface area (Å²) in [5, 5.41) is 8.82. The van der Waals surface area contributed by atoms with Gasteiger partial charge in [-0.2, -0.15) is 13.2 Å². The van der Waals surface area contributed by atoms with E-state index in [-0.39, 0.29) is 18.9 Å². The Labute approximate surface area is 109 Å². The number of amides is 1. The summed E-state index contributed by atoms with van der Waals surface area (Å²) in [6.45, 7) is 1.08. The quantitative estimate of drug-likeness (QED) is 0.787. The zero-order chi connectivity index (χ0) is 14.6. The molecule has 0 aromatic carbocycles. The third kappa shape index (κ3) is 4.11. The van der Waals surface area contributed by atoms with Gasteiger partial charge in [0.25, 0.3) is 0 Å². The number of unbranched alkanes of at least 4 members (excludes halogenated alkanes) is 2. The lowest BCUT2D eigenvalue weighted by molar-refractivity contribution is -0.188. The van der Waals surface area contributed by atoms with Crippen LogP contribution in [0.1, 0.15) is 32.6 Å². The highest BCUT2D eigenvalue weighted by Crippen LogP contribution is 2.37. The van der Waals surface area contributed by atoms with E-state index in [0.29, 0.717) is 6.42 Å². The van der Waals surface area contributed by atoms with Gasteiger partial charge in [-0.25, -0.2) is 0 Å². The molecule has 0 spiro atoms. The topological polar surface area (TPSA) is 57.6 Å². The lowest BCUT2D eigenvalue weighted by atomic mass is 9.96. The molecule has 1 rings (SSSR count). The van der Waals surface area contributed by atoms with Gasteiger partial charge in [0.2, 0.25) is 5.91 Å². The second kappa shape index (κ2) is 6.25. The second-order valence-electron chi connectivity index (χ2n) is 4.85. The number of alkyl halides is 3. The van der Waals surface area contributed by atoms with Crippen LogP contribution in [0.2, 0.25) is 0 Å². The SMILES string of the molecule is CCCCCC(=O)N1C[C@@H](C(F)(F)F)[C@H](C(=O)O)C1. The molecule has 1 amide bonds. The molecule has 1 aliphatic heterocycles. The number of rotatable bonds is 5. The van der Waals surface area contributed by atoms with Crippen LogP contribution in [-0.2, 0) is 9.59 Å². The second-order valence-corrected chi connectivity index (χ2v) is 4.85. The predicted octanol–water partition coefficient (Wildman–Crippen LogP) is 2.29. The zero-order valence-electron chi connectivity index (χ0n) is 10.7. The fourth-order valence-corrected chi connectivity index (χ4v) is 2.27. The standard InChI is InChI=1S/C12H18F3NO3/c1-2-3-4-5-10(17)16-6-8(11(18)19)9(7-16)12(13,14)15/h8-9H,2-7H2,1H3,(H,18,19)/t8-,9-/m1/s1. The van der Waals surface area contributed by atoms with Gasteiger partial charge in [0.15, 0.2) is 0 Å². The molecular formula is C12H18F3NO3. The molecule has 0 bridgehead atoms. The third-order valence-corrected chi connectivity index (χ3v) is 3.40. The molecule has 0 aromatic heterocycles. The van der Waals surface area contributed by atoms with Crippen molar-refractivity contribution in [2.45, 2.75) is 38.8 Å². The molecule has 0 unspecified atom stereocenters. The van der Waals surface area contributed by atoms with E-state index in [1.807, 2.05) is 6.92 Å². The summed E-state index contributed by atoms with van der Waals surface area (Å²) in [7, 11) is 0. The average Bonchev–Trinajstić information content (AvgIpc) is 2.73. The molecule has 2 atom stereocenters. The summed E-state index contributed by atoms with van der Waals surface area (Å²) >= 11 is 0. The number of carboxylic acids is 1. The van der Waals surface area contributed by atoms with Crippen LogP contribution in [0.5, 0.6) is 0 Å². The van der Waals surface area contributed by atoms with Gasteiger partial charge in [0.05, 0.1) is 11.8 Å². The van der Waals surface area contributed by atoms with Crippen molar-refractivity contribution in [1.82, 2.24) is 4.90 Å². The summed E-state index contributed by atoms with van der Waals surface area (Å²) in [5.41, 5.74) is 0. The Kier molecular flexibility index (Phi) is 5.20. The van der Waals surface area contributed by atoms with E-state index >= 15 is 0 Å². The van der Waals surface area contributed by atoms with Crippen LogP contribution in [0.4, 0.5) is 13.2 Å². The molecule has 1 aliphatic rings. The van der Waals surface area contributed by atoms with Gasteiger partial charge in [-0.3, -0.25) is 9.59 Å². The number of hydrogen-bond donors (Lipinski definition) is 1. The number of carboxylic acid groups (broad SMARTS) is 1. The van der Waals surface area contributed by atoms with E-state index < -0.39 is 30.5 Å². The van der Waals surface area contributed by atoms with E-state index in [0.717, 1.165) is 17.7 Å². The van der Waals surface area contributed by atoms with E-state index in [4.69, 9.17) is 5.11 Å². The summed E-state index contributed by atoms with van der Waals surface area (Å²) in [5.74, 6) is -5.38. The minimum Gasteiger partial charge on any atom is -0.481 e. The van der Waals surface area contributed by atoms with Gasteiger partial charge in [-0.05, 0) is 6.42 Å². The molecule has 1 fully saturated rings.